The smallest absolute Gasteiger partial charge is 0.241 e. The first-order valence-corrected chi connectivity index (χ1v) is 3.45. The molecule has 0 aliphatic carbocycles. The molecule has 0 aliphatic rings. The van der Waals surface area contributed by atoms with Gasteiger partial charge in [-0.1, -0.05) is 6.92 Å². The van der Waals surface area contributed by atoms with Gasteiger partial charge in [0.05, 0.1) is 0 Å². The van der Waals surface area contributed by atoms with Crippen LogP contribution in [-0.4, -0.2) is 20.1 Å². The average molecular weight is 152 g/mol. The van der Waals surface area contributed by atoms with Crippen LogP contribution in [0.25, 0.3) is 0 Å². The molecular weight excluding hydrogens is 138 g/mol. The predicted octanol–water partition coefficient (Wildman–Crippen LogP) is 2.31. The predicted molar refractivity (Wildman–Crippen MR) is 36.3 cm³/mol. The van der Waals surface area contributed by atoms with E-state index in [-0.39, 0.29) is 0 Å². The van der Waals surface area contributed by atoms with Crippen molar-refractivity contribution in [2.45, 2.75) is 26.2 Å². The molecule has 0 spiro atoms. The van der Waals surface area contributed by atoms with Crippen LogP contribution < -0.4 is 0 Å². The molecule has 0 aromatic carbocycles. The largest absolute Gasteiger partial charge is 0.385 e. The molecular formula is C7H14F2O. The second kappa shape index (κ2) is 5.59. The summed E-state index contributed by atoms with van der Waals surface area (Å²) >= 11 is 0. The van der Waals surface area contributed by atoms with Crippen LogP contribution in [0.15, 0.2) is 0 Å². The number of halogens is 2. The fourth-order valence-corrected chi connectivity index (χ4v) is 0.676. The SMILES string of the molecule is COCCCC(C)C(F)F. The van der Waals surface area contributed by atoms with E-state index in [2.05, 4.69) is 0 Å². The number of ether oxygens (including phenoxy) is 1. The summed E-state index contributed by atoms with van der Waals surface area (Å²) in [6, 6.07) is 0. The van der Waals surface area contributed by atoms with Crippen molar-refractivity contribution >= 4 is 0 Å². The van der Waals surface area contributed by atoms with E-state index in [9.17, 15) is 8.78 Å². The van der Waals surface area contributed by atoms with Gasteiger partial charge in [-0.15, -0.1) is 0 Å². The van der Waals surface area contributed by atoms with Crippen LogP contribution in [0.1, 0.15) is 19.8 Å². The van der Waals surface area contributed by atoms with E-state index in [1.807, 2.05) is 0 Å². The van der Waals surface area contributed by atoms with Gasteiger partial charge >= 0.3 is 0 Å². The van der Waals surface area contributed by atoms with Crippen molar-refractivity contribution < 1.29 is 13.5 Å². The van der Waals surface area contributed by atoms with Crippen LogP contribution in [-0.2, 0) is 4.74 Å². The maximum absolute atomic E-state index is 11.8. The molecule has 0 rings (SSSR count). The Morgan fingerprint density at radius 3 is 2.40 bits per heavy atom. The molecule has 1 atom stereocenters. The maximum Gasteiger partial charge on any atom is 0.241 e. The minimum absolute atomic E-state index is 0.491. The molecule has 0 radical (unpaired) electrons. The lowest BCUT2D eigenvalue weighted by Crippen LogP contribution is -2.07. The van der Waals surface area contributed by atoms with Gasteiger partial charge in [-0.05, 0) is 12.8 Å². The zero-order chi connectivity index (χ0) is 7.98. The molecule has 0 aliphatic heterocycles. The summed E-state index contributed by atoms with van der Waals surface area (Å²) in [4.78, 5) is 0. The summed E-state index contributed by atoms with van der Waals surface area (Å²) in [5.41, 5.74) is 0. The highest BCUT2D eigenvalue weighted by atomic mass is 19.3. The van der Waals surface area contributed by atoms with Gasteiger partial charge in [0.15, 0.2) is 0 Å². The Morgan fingerprint density at radius 1 is 1.40 bits per heavy atom. The molecule has 0 bridgehead atoms. The van der Waals surface area contributed by atoms with Crippen molar-refractivity contribution in [1.29, 1.82) is 0 Å². The van der Waals surface area contributed by atoms with E-state index in [4.69, 9.17) is 4.74 Å². The fraction of sp³-hybridized carbons (Fsp3) is 1.00. The van der Waals surface area contributed by atoms with Crippen LogP contribution in [0.2, 0.25) is 0 Å². The van der Waals surface area contributed by atoms with Crippen molar-refractivity contribution in [1.82, 2.24) is 0 Å². The Morgan fingerprint density at radius 2 is 2.00 bits per heavy atom. The minimum Gasteiger partial charge on any atom is -0.385 e. The molecule has 1 unspecified atom stereocenters. The lowest BCUT2D eigenvalue weighted by atomic mass is 10.1. The summed E-state index contributed by atoms with van der Waals surface area (Å²) in [6.45, 7) is 2.14. The summed E-state index contributed by atoms with van der Waals surface area (Å²) < 4.78 is 28.4. The van der Waals surface area contributed by atoms with Crippen LogP contribution >= 0.6 is 0 Å². The standard InChI is InChI=1S/C7H14F2O/c1-6(7(8)9)4-3-5-10-2/h6-7H,3-5H2,1-2H3. The van der Waals surface area contributed by atoms with E-state index in [1.54, 1.807) is 14.0 Å². The highest BCUT2D eigenvalue weighted by Crippen LogP contribution is 2.14. The molecule has 0 amide bonds. The Kier molecular flexibility index (Phi) is 5.49. The van der Waals surface area contributed by atoms with Gasteiger partial charge < -0.3 is 4.74 Å². The normalized spacial score (nSPS) is 14.1. The van der Waals surface area contributed by atoms with Gasteiger partial charge in [0.2, 0.25) is 6.43 Å². The van der Waals surface area contributed by atoms with Crippen molar-refractivity contribution in [3.8, 4) is 0 Å². The molecule has 10 heavy (non-hydrogen) atoms. The summed E-state index contributed by atoms with van der Waals surface area (Å²) in [5, 5.41) is 0. The molecule has 0 saturated heterocycles. The Labute approximate surface area is 60.4 Å². The number of hydrogen-bond donors (Lipinski definition) is 0. The molecule has 0 aromatic heterocycles. The molecule has 0 N–H and O–H groups in total. The van der Waals surface area contributed by atoms with Gasteiger partial charge in [-0.2, -0.15) is 0 Å². The van der Waals surface area contributed by atoms with Crippen LogP contribution in [0.4, 0.5) is 8.78 Å². The van der Waals surface area contributed by atoms with Crippen LogP contribution in [0.3, 0.4) is 0 Å². The molecule has 1 nitrogen and oxygen atoms in total. The zero-order valence-corrected chi connectivity index (χ0v) is 6.44. The van der Waals surface area contributed by atoms with E-state index >= 15 is 0 Å². The first kappa shape index (κ1) is 9.82. The molecule has 0 heterocycles. The number of methoxy groups -OCH3 is 1. The lowest BCUT2D eigenvalue weighted by Gasteiger charge is -2.08. The second-order valence-electron chi connectivity index (χ2n) is 2.45. The van der Waals surface area contributed by atoms with Gasteiger partial charge in [-0.3, -0.25) is 0 Å². The number of hydrogen-bond acceptors (Lipinski definition) is 1. The quantitative estimate of drug-likeness (QED) is 0.549. The Balaban J connectivity index is 3.13. The number of rotatable bonds is 5. The van der Waals surface area contributed by atoms with Crippen molar-refractivity contribution in [2.75, 3.05) is 13.7 Å². The van der Waals surface area contributed by atoms with Crippen molar-refractivity contribution in [2.24, 2.45) is 5.92 Å². The Bertz CT molecular complexity index is 76.0. The lowest BCUT2D eigenvalue weighted by molar-refractivity contribution is 0.0752. The molecule has 0 saturated carbocycles. The van der Waals surface area contributed by atoms with Gasteiger partial charge in [-0.25, -0.2) is 8.78 Å². The monoisotopic (exact) mass is 152 g/mol. The van der Waals surface area contributed by atoms with E-state index in [1.165, 1.54) is 0 Å². The van der Waals surface area contributed by atoms with Crippen molar-refractivity contribution in [3.63, 3.8) is 0 Å². The topological polar surface area (TPSA) is 9.23 Å². The highest BCUT2D eigenvalue weighted by molar-refractivity contribution is 4.54. The third kappa shape index (κ3) is 4.68. The number of alkyl halides is 2. The summed E-state index contributed by atoms with van der Waals surface area (Å²) in [6.07, 6.45) is -0.912. The van der Waals surface area contributed by atoms with Gasteiger partial charge in [0, 0.05) is 19.6 Å². The molecule has 62 valence electrons. The molecule has 3 heteroatoms. The second-order valence-corrected chi connectivity index (χ2v) is 2.45. The summed E-state index contributed by atoms with van der Waals surface area (Å²) in [7, 11) is 1.58. The Hall–Kier alpha value is -0.180. The first-order chi connectivity index (χ1) is 4.68. The summed E-state index contributed by atoms with van der Waals surface area (Å²) in [5.74, 6) is -0.491. The molecule has 0 aromatic rings. The maximum atomic E-state index is 11.8. The fourth-order valence-electron chi connectivity index (χ4n) is 0.676. The highest BCUT2D eigenvalue weighted by Gasteiger charge is 2.12. The van der Waals surface area contributed by atoms with E-state index < -0.39 is 12.3 Å². The van der Waals surface area contributed by atoms with Crippen LogP contribution in [0, 0.1) is 5.92 Å². The van der Waals surface area contributed by atoms with Gasteiger partial charge in [0.1, 0.15) is 0 Å². The van der Waals surface area contributed by atoms with E-state index in [0.717, 1.165) is 6.42 Å². The molecule has 0 fully saturated rings. The third-order valence-electron chi connectivity index (χ3n) is 1.44. The average Bonchev–Trinajstić information content (AvgIpc) is 1.88. The third-order valence-corrected chi connectivity index (χ3v) is 1.44. The van der Waals surface area contributed by atoms with Crippen molar-refractivity contribution in [3.05, 3.63) is 0 Å². The van der Waals surface area contributed by atoms with Gasteiger partial charge in [0.25, 0.3) is 0 Å². The minimum atomic E-state index is -2.18. The first-order valence-electron chi connectivity index (χ1n) is 3.45. The van der Waals surface area contributed by atoms with E-state index in [0.29, 0.717) is 13.0 Å². The zero-order valence-electron chi connectivity index (χ0n) is 6.44. The van der Waals surface area contributed by atoms with Crippen LogP contribution in [0.5, 0.6) is 0 Å².